The highest BCUT2D eigenvalue weighted by Crippen LogP contribution is 2.37. The number of allylic oxidation sites excluding steroid dienone is 1. The van der Waals surface area contributed by atoms with Crippen molar-refractivity contribution in [2.45, 2.75) is 44.3 Å². The Kier molecular flexibility index (Phi) is 6.79. The van der Waals surface area contributed by atoms with Crippen LogP contribution in [0.2, 0.25) is 0 Å². The zero-order valence-electron chi connectivity index (χ0n) is 19.9. The molecule has 1 aliphatic rings. The quantitative estimate of drug-likeness (QED) is 0.193. The van der Waals surface area contributed by atoms with E-state index in [0.29, 0.717) is 12.3 Å². The number of fused-ring (bicyclic) bond motifs is 1. The lowest BCUT2D eigenvalue weighted by Gasteiger charge is -2.16. The van der Waals surface area contributed by atoms with Crippen LogP contribution in [0, 0.1) is 13.8 Å². The predicted molar refractivity (Wildman–Crippen MR) is 138 cm³/mol. The fraction of sp³-hybridized carbons (Fsp3) is 0.269. The zero-order valence-corrected chi connectivity index (χ0v) is 21.5. The number of benzene rings is 2. The van der Waals surface area contributed by atoms with Crippen molar-refractivity contribution in [1.82, 2.24) is 19.7 Å². The maximum absolute atomic E-state index is 6.19. The second-order valence-corrected chi connectivity index (χ2v) is 10.0. The minimum atomic E-state index is -0.254. The van der Waals surface area contributed by atoms with Crippen LogP contribution in [0.4, 0.5) is 0 Å². The maximum atomic E-state index is 6.19. The van der Waals surface area contributed by atoms with Crippen LogP contribution in [0.5, 0.6) is 17.2 Å². The van der Waals surface area contributed by atoms with E-state index in [0.717, 1.165) is 44.5 Å². The third-order valence-electron chi connectivity index (χ3n) is 5.73. The molecule has 9 heteroatoms. The molecule has 0 radical (unpaired) electrons. The molecule has 1 aliphatic heterocycles. The van der Waals surface area contributed by atoms with Crippen LogP contribution in [0.1, 0.15) is 35.7 Å². The highest BCUT2D eigenvalue weighted by molar-refractivity contribution is 7.98. The van der Waals surface area contributed by atoms with Crippen LogP contribution in [0.25, 0.3) is 10.6 Å². The number of ether oxygens (including phenoxy) is 3. The van der Waals surface area contributed by atoms with E-state index >= 15 is 0 Å². The standard InChI is InChI=1S/C26H26N4O3S2/c1-5-10-30-24(18(4)33-21-8-6-16(2)17(3)11-21)28-29-26(30)35-14-20-13-34-25(27-20)19-7-9-22-23(12-19)32-15-31-22/h5-9,11-13,18H,1,10,14-15H2,2-4H3. The van der Waals surface area contributed by atoms with E-state index in [-0.39, 0.29) is 12.9 Å². The molecule has 35 heavy (non-hydrogen) atoms. The molecule has 0 bridgehead atoms. The normalized spacial score (nSPS) is 13.1. The van der Waals surface area contributed by atoms with Crippen molar-refractivity contribution in [3.05, 3.63) is 77.1 Å². The van der Waals surface area contributed by atoms with Crippen molar-refractivity contribution in [1.29, 1.82) is 0 Å². The van der Waals surface area contributed by atoms with E-state index < -0.39 is 0 Å². The molecular weight excluding hydrogens is 480 g/mol. The molecule has 7 nitrogen and oxygen atoms in total. The Balaban J connectivity index is 1.28. The molecule has 0 spiro atoms. The molecule has 0 fully saturated rings. The summed E-state index contributed by atoms with van der Waals surface area (Å²) >= 11 is 3.21. The summed E-state index contributed by atoms with van der Waals surface area (Å²) in [5, 5.41) is 12.7. The third kappa shape index (κ3) is 5.06. The van der Waals surface area contributed by atoms with Crippen molar-refractivity contribution in [2.24, 2.45) is 0 Å². The van der Waals surface area contributed by atoms with Gasteiger partial charge in [-0.3, -0.25) is 4.57 Å². The minimum absolute atomic E-state index is 0.254. The van der Waals surface area contributed by atoms with Crippen LogP contribution < -0.4 is 14.2 Å². The second-order valence-electron chi connectivity index (χ2n) is 8.25. The van der Waals surface area contributed by atoms with Gasteiger partial charge in [0.2, 0.25) is 6.79 Å². The number of rotatable bonds is 9. The molecule has 0 amide bonds. The van der Waals surface area contributed by atoms with Crippen molar-refractivity contribution in [2.75, 3.05) is 6.79 Å². The summed E-state index contributed by atoms with van der Waals surface area (Å²) < 4.78 is 19.1. The first-order valence-corrected chi connectivity index (χ1v) is 13.1. The van der Waals surface area contributed by atoms with Crippen molar-refractivity contribution in [3.8, 4) is 27.8 Å². The number of nitrogens with zero attached hydrogens (tertiary/aromatic N) is 4. The van der Waals surface area contributed by atoms with Crippen molar-refractivity contribution < 1.29 is 14.2 Å². The third-order valence-corrected chi connectivity index (χ3v) is 7.67. The van der Waals surface area contributed by atoms with Gasteiger partial charge in [-0.05, 0) is 62.2 Å². The van der Waals surface area contributed by atoms with Gasteiger partial charge in [0.25, 0.3) is 0 Å². The Morgan fingerprint density at radius 1 is 1.14 bits per heavy atom. The Bertz CT molecular complexity index is 1360. The smallest absolute Gasteiger partial charge is 0.231 e. The molecule has 1 atom stereocenters. The number of hydrogen-bond donors (Lipinski definition) is 0. The summed E-state index contributed by atoms with van der Waals surface area (Å²) in [7, 11) is 0. The molecule has 3 heterocycles. The average molecular weight is 507 g/mol. The molecule has 5 rings (SSSR count). The van der Waals surface area contributed by atoms with Gasteiger partial charge in [-0.2, -0.15) is 0 Å². The molecule has 0 aliphatic carbocycles. The fourth-order valence-corrected chi connectivity index (χ4v) is 5.50. The Hall–Kier alpha value is -3.30. The van der Waals surface area contributed by atoms with Gasteiger partial charge in [0.05, 0.1) is 5.69 Å². The van der Waals surface area contributed by atoms with Crippen molar-refractivity contribution >= 4 is 23.1 Å². The van der Waals surface area contributed by atoms with Crippen LogP contribution in [0.15, 0.2) is 59.6 Å². The summed E-state index contributed by atoms with van der Waals surface area (Å²) in [5.41, 5.74) is 4.44. The van der Waals surface area contributed by atoms with Crippen LogP contribution in [0.3, 0.4) is 0 Å². The van der Waals surface area contributed by atoms with E-state index in [1.165, 1.54) is 11.1 Å². The van der Waals surface area contributed by atoms with Crippen LogP contribution in [-0.2, 0) is 12.3 Å². The van der Waals surface area contributed by atoms with Crippen LogP contribution >= 0.6 is 23.1 Å². The summed E-state index contributed by atoms with van der Waals surface area (Å²) in [5.74, 6) is 3.80. The molecule has 2 aromatic heterocycles. The monoisotopic (exact) mass is 506 g/mol. The van der Waals surface area contributed by atoms with Gasteiger partial charge in [-0.1, -0.05) is 23.9 Å². The lowest BCUT2D eigenvalue weighted by atomic mass is 10.1. The van der Waals surface area contributed by atoms with Gasteiger partial charge >= 0.3 is 0 Å². The first kappa shape index (κ1) is 23.4. The largest absolute Gasteiger partial charge is 0.483 e. The Morgan fingerprint density at radius 3 is 2.83 bits per heavy atom. The molecule has 4 aromatic rings. The number of aromatic nitrogens is 4. The van der Waals surface area contributed by atoms with Gasteiger partial charge in [0.15, 0.2) is 28.6 Å². The molecule has 1 unspecified atom stereocenters. The molecule has 0 saturated heterocycles. The van der Waals surface area contributed by atoms with E-state index in [4.69, 9.17) is 19.2 Å². The molecule has 180 valence electrons. The van der Waals surface area contributed by atoms with Gasteiger partial charge in [-0.25, -0.2) is 4.98 Å². The number of thioether (sulfide) groups is 1. The van der Waals surface area contributed by atoms with Gasteiger partial charge < -0.3 is 14.2 Å². The average Bonchev–Trinajstić information content (AvgIpc) is 3.59. The Labute approximate surface area is 212 Å². The molecule has 0 saturated carbocycles. The zero-order chi connectivity index (χ0) is 24.4. The molecule has 0 N–H and O–H groups in total. The van der Waals surface area contributed by atoms with E-state index in [1.807, 2.05) is 37.3 Å². The van der Waals surface area contributed by atoms with Crippen LogP contribution in [-0.4, -0.2) is 26.5 Å². The lowest BCUT2D eigenvalue weighted by molar-refractivity contribution is 0.174. The second kappa shape index (κ2) is 10.1. The first-order valence-electron chi connectivity index (χ1n) is 11.3. The highest BCUT2D eigenvalue weighted by atomic mass is 32.2. The number of aryl methyl sites for hydroxylation is 2. The van der Waals surface area contributed by atoms with Gasteiger partial charge in [0.1, 0.15) is 10.8 Å². The summed E-state index contributed by atoms with van der Waals surface area (Å²) in [4.78, 5) is 4.81. The van der Waals surface area contributed by atoms with E-state index in [2.05, 4.69) is 52.7 Å². The van der Waals surface area contributed by atoms with E-state index in [9.17, 15) is 0 Å². The number of hydrogen-bond acceptors (Lipinski definition) is 8. The summed E-state index contributed by atoms with van der Waals surface area (Å²) in [6.45, 7) is 10.9. The highest BCUT2D eigenvalue weighted by Gasteiger charge is 2.20. The van der Waals surface area contributed by atoms with E-state index in [1.54, 1.807) is 23.1 Å². The minimum Gasteiger partial charge on any atom is -0.483 e. The topological polar surface area (TPSA) is 71.3 Å². The molecular formula is C26H26N4O3S2. The van der Waals surface area contributed by atoms with Gasteiger partial charge in [-0.15, -0.1) is 28.1 Å². The van der Waals surface area contributed by atoms with Crippen molar-refractivity contribution in [3.63, 3.8) is 0 Å². The number of thiazole rings is 1. The van der Waals surface area contributed by atoms with Gasteiger partial charge in [0, 0.05) is 23.2 Å². The maximum Gasteiger partial charge on any atom is 0.231 e. The Morgan fingerprint density at radius 2 is 2.00 bits per heavy atom. The molecule has 2 aromatic carbocycles. The summed E-state index contributed by atoms with van der Waals surface area (Å²) in [6, 6.07) is 12.0. The first-order chi connectivity index (χ1) is 17.0. The summed E-state index contributed by atoms with van der Waals surface area (Å²) in [6.07, 6.45) is 1.59. The fourth-order valence-electron chi connectivity index (χ4n) is 3.73. The predicted octanol–water partition coefficient (Wildman–Crippen LogP) is 6.37. The SMILES string of the molecule is C=CCn1c(SCc2csc(-c3ccc4c(c3)OCO4)n2)nnc1C(C)Oc1ccc(C)c(C)c1. The lowest BCUT2D eigenvalue weighted by Crippen LogP contribution is -2.12.